The normalized spacial score (nSPS) is 10.0. The number of methoxy groups -OCH3 is 2. The summed E-state index contributed by atoms with van der Waals surface area (Å²) in [6.45, 7) is -0.533. The first-order valence-corrected chi connectivity index (χ1v) is 7.43. The van der Waals surface area contributed by atoms with Crippen LogP contribution in [0, 0.1) is 0 Å². The minimum Gasteiger partial charge on any atom is -0.497 e. The third kappa shape index (κ3) is 5.78. The maximum atomic E-state index is 11.9. The SMILES string of the molecule is COc1ccc(NC(=O)COCC(=O)Nc2ccccn2)c(OC)c1. The van der Waals surface area contributed by atoms with Crippen LogP contribution in [0.3, 0.4) is 0 Å². The zero-order valence-corrected chi connectivity index (χ0v) is 13.9. The molecule has 0 spiro atoms. The Morgan fingerprint density at radius 3 is 2.40 bits per heavy atom. The molecule has 2 rings (SSSR count). The summed E-state index contributed by atoms with van der Waals surface area (Å²) < 4.78 is 15.4. The maximum Gasteiger partial charge on any atom is 0.251 e. The second-order valence-corrected chi connectivity index (χ2v) is 4.87. The number of hydrogen-bond donors (Lipinski definition) is 2. The number of pyridine rings is 1. The van der Waals surface area contributed by atoms with Crippen molar-refractivity contribution in [1.29, 1.82) is 0 Å². The summed E-state index contributed by atoms with van der Waals surface area (Å²) in [4.78, 5) is 27.5. The van der Waals surface area contributed by atoms with Crippen LogP contribution in [0.25, 0.3) is 0 Å². The van der Waals surface area contributed by atoms with Gasteiger partial charge >= 0.3 is 0 Å². The lowest BCUT2D eigenvalue weighted by molar-refractivity contribution is -0.125. The Hall–Kier alpha value is -3.13. The van der Waals surface area contributed by atoms with E-state index in [1.54, 1.807) is 42.6 Å². The van der Waals surface area contributed by atoms with Gasteiger partial charge in [0.25, 0.3) is 5.91 Å². The number of anilines is 2. The summed E-state index contributed by atoms with van der Waals surface area (Å²) >= 11 is 0. The first-order chi connectivity index (χ1) is 12.1. The van der Waals surface area contributed by atoms with E-state index in [0.717, 1.165) is 0 Å². The van der Waals surface area contributed by atoms with E-state index in [1.165, 1.54) is 14.2 Å². The average molecular weight is 345 g/mol. The standard InChI is InChI=1S/C17H19N3O5/c1-23-12-6-7-13(14(9-12)24-2)19-16(21)10-25-11-17(22)20-15-5-3-4-8-18-15/h3-9H,10-11H2,1-2H3,(H,19,21)(H,18,20,22). The highest BCUT2D eigenvalue weighted by atomic mass is 16.5. The van der Waals surface area contributed by atoms with Gasteiger partial charge in [0.15, 0.2) is 0 Å². The maximum absolute atomic E-state index is 11.9. The first-order valence-electron chi connectivity index (χ1n) is 7.43. The number of nitrogens with zero attached hydrogens (tertiary/aromatic N) is 1. The van der Waals surface area contributed by atoms with Crippen LogP contribution in [0.5, 0.6) is 11.5 Å². The van der Waals surface area contributed by atoms with Crippen molar-refractivity contribution in [2.75, 3.05) is 38.1 Å². The van der Waals surface area contributed by atoms with Crippen LogP contribution in [0.2, 0.25) is 0 Å². The second kappa shape index (κ2) is 9.24. The Kier molecular flexibility index (Phi) is 6.73. The van der Waals surface area contributed by atoms with Crippen molar-refractivity contribution in [3.63, 3.8) is 0 Å². The molecule has 0 saturated heterocycles. The van der Waals surface area contributed by atoms with Crippen molar-refractivity contribution in [3.8, 4) is 11.5 Å². The van der Waals surface area contributed by atoms with Crippen LogP contribution >= 0.6 is 0 Å². The summed E-state index contributed by atoms with van der Waals surface area (Å²) in [6, 6.07) is 10.1. The lowest BCUT2D eigenvalue weighted by Crippen LogP contribution is -2.24. The molecule has 132 valence electrons. The van der Waals surface area contributed by atoms with E-state index >= 15 is 0 Å². The molecular formula is C17H19N3O5. The monoisotopic (exact) mass is 345 g/mol. The third-order valence-corrected chi connectivity index (χ3v) is 3.08. The van der Waals surface area contributed by atoms with Crippen molar-refractivity contribution in [1.82, 2.24) is 4.98 Å². The molecule has 0 radical (unpaired) electrons. The van der Waals surface area contributed by atoms with Gasteiger partial charge in [-0.3, -0.25) is 9.59 Å². The van der Waals surface area contributed by atoms with E-state index in [0.29, 0.717) is 23.0 Å². The molecule has 1 heterocycles. The molecule has 0 saturated carbocycles. The number of aromatic nitrogens is 1. The highest BCUT2D eigenvalue weighted by molar-refractivity contribution is 5.94. The van der Waals surface area contributed by atoms with Gasteiger partial charge in [-0.25, -0.2) is 4.98 Å². The molecule has 1 aromatic heterocycles. The molecule has 0 bridgehead atoms. The molecule has 0 unspecified atom stereocenters. The van der Waals surface area contributed by atoms with Gasteiger partial charge in [0.1, 0.15) is 30.5 Å². The molecule has 2 N–H and O–H groups in total. The number of ether oxygens (including phenoxy) is 3. The number of carbonyl (C=O) groups excluding carboxylic acids is 2. The molecule has 1 aromatic carbocycles. The Balaban J connectivity index is 1.78. The third-order valence-electron chi connectivity index (χ3n) is 3.08. The number of rotatable bonds is 8. The lowest BCUT2D eigenvalue weighted by atomic mass is 10.2. The molecule has 0 aliphatic rings. The van der Waals surface area contributed by atoms with Crippen molar-refractivity contribution in [3.05, 3.63) is 42.6 Å². The molecule has 8 heteroatoms. The number of carbonyl (C=O) groups is 2. The number of amides is 2. The molecule has 2 aromatic rings. The summed E-state index contributed by atoms with van der Waals surface area (Å²) in [5.74, 6) is 0.684. The highest BCUT2D eigenvalue weighted by Crippen LogP contribution is 2.28. The Bertz CT molecular complexity index is 721. The van der Waals surface area contributed by atoms with Crippen molar-refractivity contribution >= 4 is 23.3 Å². The van der Waals surface area contributed by atoms with E-state index in [4.69, 9.17) is 14.2 Å². The summed E-state index contributed by atoms with van der Waals surface area (Å²) in [7, 11) is 3.03. The van der Waals surface area contributed by atoms with E-state index in [2.05, 4.69) is 15.6 Å². The summed E-state index contributed by atoms with van der Waals surface area (Å²) in [6.07, 6.45) is 1.56. The zero-order valence-electron chi connectivity index (χ0n) is 13.9. The van der Waals surface area contributed by atoms with Gasteiger partial charge in [-0.2, -0.15) is 0 Å². The Labute approximate surface area is 145 Å². The molecule has 2 amide bonds. The van der Waals surface area contributed by atoms with Gasteiger partial charge in [-0.1, -0.05) is 6.07 Å². The van der Waals surface area contributed by atoms with Gasteiger partial charge in [0.2, 0.25) is 5.91 Å². The van der Waals surface area contributed by atoms with E-state index < -0.39 is 11.8 Å². The first kappa shape index (κ1) is 18.2. The smallest absolute Gasteiger partial charge is 0.251 e. The van der Waals surface area contributed by atoms with Crippen LogP contribution in [0.4, 0.5) is 11.5 Å². The molecule has 0 fully saturated rings. The van der Waals surface area contributed by atoms with Crippen molar-refractivity contribution < 1.29 is 23.8 Å². The molecule has 0 atom stereocenters. The topological polar surface area (TPSA) is 98.8 Å². The van der Waals surface area contributed by atoms with E-state index in [9.17, 15) is 9.59 Å². The number of hydrogen-bond acceptors (Lipinski definition) is 6. The number of benzene rings is 1. The van der Waals surface area contributed by atoms with Crippen LogP contribution < -0.4 is 20.1 Å². The van der Waals surface area contributed by atoms with Crippen LogP contribution in [0.15, 0.2) is 42.6 Å². The van der Waals surface area contributed by atoms with E-state index in [1.807, 2.05) is 0 Å². The molecule has 25 heavy (non-hydrogen) atoms. The molecule has 0 aliphatic carbocycles. The fourth-order valence-corrected chi connectivity index (χ4v) is 1.94. The van der Waals surface area contributed by atoms with Crippen molar-refractivity contribution in [2.24, 2.45) is 0 Å². The summed E-state index contributed by atoms with van der Waals surface area (Å²) in [5, 5.41) is 5.20. The summed E-state index contributed by atoms with van der Waals surface area (Å²) in [5.41, 5.74) is 0.481. The fraction of sp³-hybridized carbons (Fsp3) is 0.235. The van der Waals surface area contributed by atoms with E-state index in [-0.39, 0.29) is 13.2 Å². The molecule has 8 nitrogen and oxygen atoms in total. The van der Waals surface area contributed by atoms with Gasteiger partial charge in [0, 0.05) is 12.3 Å². The molecular weight excluding hydrogens is 326 g/mol. The van der Waals surface area contributed by atoms with Gasteiger partial charge < -0.3 is 24.8 Å². The van der Waals surface area contributed by atoms with Gasteiger partial charge in [-0.15, -0.1) is 0 Å². The van der Waals surface area contributed by atoms with Gasteiger partial charge in [-0.05, 0) is 24.3 Å². The fourth-order valence-electron chi connectivity index (χ4n) is 1.94. The predicted molar refractivity (Wildman–Crippen MR) is 91.9 cm³/mol. The Morgan fingerprint density at radius 1 is 1.00 bits per heavy atom. The molecule has 0 aliphatic heterocycles. The van der Waals surface area contributed by atoms with Crippen LogP contribution in [-0.2, 0) is 14.3 Å². The van der Waals surface area contributed by atoms with Crippen molar-refractivity contribution in [2.45, 2.75) is 0 Å². The minimum atomic E-state index is -0.408. The number of nitrogens with one attached hydrogen (secondary N) is 2. The minimum absolute atomic E-state index is 0.260. The van der Waals surface area contributed by atoms with Crippen LogP contribution in [0.1, 0.15) is 0 Å². The highest BCUT2D eigenvalue weighted by Gasteiger charge is 2.10. The Morgan fingerprint density at radius 2 is 1.76 bits per heavy atom. The lowest BCUT2D eigenvalue weighted by Gasteiger charge is -2.11. The quantitative estimate of drug-likeness (QED) is 0.755. The van der Waals surface area contributed by atoms with Gasteiger partial charge in [0.05, 0.1) is 19.9 Å². The van der Waals surface area contributed by atoms with Crippen LogP contribution in [-0.4, -0.2) is 44.2 Å². The average Bonchev–Trinajstić information content (AvgIpc) is 2.62. The second-order valence-electron chi connectivity index (χ2n) is 4.87. The zero-order chi connectivity index (χ0) is 18.1. The largest absolute Gasteiger partial charge is 0.497 e. The predicted octanol–water partition coefficient (Wildman–Crippen LogP) is 1.69.